The molecule has 0 unspecified atom stereocenters. The van der Waals surface area contributed by atoms with E-state index in [9.17, 15) is 19.2 Å². The van der Waals surface area contributed by atoms with E-state index in [-0.39, 0.29) is 41.1 Å². The van der Waals surface area contributed by atoms with Gasteiger partial charge >= 0.3 is 0 Å². The Morgan fingerprint density at radius 3 is 2.09 bits per heavy atom. The van der Waals surface area contributed by atoms with Crippen molar-refractivity contribution in [1.82, 2.24) is 10.3 Å². The molecule has 4 rings (SSSR count). The van der Waals surface area contributed by atoms with Gasteiger partial charge in [0.1, 0.15) is 11.3 Å². The van der Waals surface area contributed by atoms with Gasteiger partial charge in [0.15, 0.2) is 11.2 Å². The van der Waals surface area contributed by atoms with Gasteiger partial charge in [0.2, 0.25) is 0 Å². The highest BCUT2D eigenvalue weighted by molar-refractivity contribution is 5.97. The zero-order chi connectivity index (χ0) is 22.7. The fraction of sp³-hybridized carbons (Fsp3) is 0.231. The molecule has 1 saturated carbocycles. The molecular weight excluding hydrogens is 404 g/mol. The lowest BCUT2D eigenvalue weighted by atomic mass is 9.98. The van der Waals surface area contributed by atoms with E-state index in [2.05, 4.69) is 10.3 Å². The van der Waals surface area contributed by atoms with Crippen molar-refractivity contribution in [2.24, 2.45) is 11.8 Å². The van der Waals surface area contributed by atoms with Crippen LogP contribution in [0.1, 0.15) is 57.8 Å². The molecule has 1 aromatic heterocycles. The summed E-state index contributed by atoms with van der Waals surface area (Å²) in [5.74, 6) is -0.668. The average Bonchev–Trinajstić information content (AvgIpc) is 3.58. The van der Waals surface area contributed by atoms with Crippen molar-refractivity contribution in [3.05, 3.63) is 106 Å². The molecule has 1 aliphatic rings. The lowest BCUT2D eigenvalue weighted by molar-refractivity contribution is -0.118. The molecule has 1 heterocycles. The second-order valence-corrected chi connectivity index (χ2v) is 8.19. The lowest BCUT2D eigenvalue weighted by Crippen LogP contribution is -2.33. The highest BCUT2D eigenvalue weighted by Gasteiger charge is 2.41. The molecule has 162 valence electrons. The van der Waals surface area contributed by atoms with E-state index in [4.69, 9.17) is 0 Å². The van der Waals surface area contributed by atoms with Gasteiger partial charge in [-0.2, -0.15) is 0 Å². The van der Waals surface area contributed by atoms with Gasteiger partial charge < -0.3 is 10.3 Å². The van der Waals surface area contributed by atoms with Crippen LogP contribution in [0.5, 0.6) is 0 Å². The maximum absolute atomic E-state index is 13.0. The van der Waals surface area contributed by atoms with Crippen LogP contribution in [0.2, 0.25) is 0 Å². The van der Waals surface area contributed by atoms with Gasteiger partial charge in [0.05, 0.1) is 11.7 Å². The van der Waals surface area contributed by atoms with Crippen LogP contribution in [0.25, 0.3) is 0 Å². The number of aromatic nitrogens is 1. The number of amides is 1. The van der Waals surface area contributed by atoms with Crippen molar-refractivity contribution >= 4 is 17.5 Å². The first-order valence-corrected chi connectivity index (χ1v) is 10.6. The molecule has 2 N–H and O–H groups in total. The van der Waals surface area contributed by atoms with Crippen LogP contribution >= 0.6 is 0 Å². The summed E-state index contributed by atoms with van der Waals surface area (Å²) >= 11 is 0. The van der Waals surface area contributed by atoms with Gasteiger partial charge in [-0.25, -0.2) is 0 Å². The number of carbonyl (C=O) groups excluding carboxylic acids is 3. The molecular formula is C26H24N2O4. The molecule has 6 heteroatoms. The second-order valence-electron chi connectivity index (χ2n) is 8.19. The van der Waals surface area contributed by atoms with Crippen LogP contribution in [-0.2, 0) is 4.79 Å². The minimum atomic E-state index is -0.526. The molecule has 0 spiro atoms. The monoisotopic (exact) mass is 428 g/mol. The number of Topliss-reactive ketones (excluding diaryl/α,β-unsaturated/α-hetero) is 2. The summed E-state index contributed by atoms with van der Waals surface area (Å²) in [5, 5.41) is 2.93. The largest absolute Gasteiger partial charge is 0.358 e. The molecule has 32 heavy (non-hydrogen) atoms. The number of rotatable bonds is 8. The number of H-pyrrole nitrogens is 1. The fourth-order valence-electron chi connectivity index (χ4n) is 3.99. The van der Waals surface area contributed by atoms with E-state index >= 15 is 0 Å². The third-order valence-corrected chi connectivity index (χ3v) is 5.89. The molecule has 0 aliphatic heterocycles. The Morgan fingerprint density at radius 2 is 1.59 bits per heavy atom. The summed E-state index contributed by atoms with van der Waals surface area (Å²) in [5.41, 5.74) is 1.35. The van der Waals surface area contributed by atoms with Crippen LogP contribution in [0.4, 0.5) is 0 Å². The van der Waals surface area contributed by atoms with E-state index in [0.717, 1.165) is 11.1 Å². The second kappa shape index (κ2) is 9.14. The summed E-state index contributed by atoms with van der Waals surface area (Å²) in [7, 11) is 0. The lowest BCUT2D eigenvalue weighted by Gasteiger charge is -2.20. The Balaban J connectivity index is 1.51. The maximum Gasteiger partial charge on any atom is 0.257 e. The maximum atomic E-state index is 13.0. The number of ketones is 2. The van der Waals surface area contributed by atoms with Crippen molar-refractivity contribution in [2.75, 3.05) is 0 Å². The number of pyridine rings is 1. The molecule has 2 atom stereocenters. The standard InChI is InChI=1S/C26H24N2O4/c1-16(29)20-12-19(20)13-24(31)22-14-23(30)21(15-27-22)26(32)28-25(17-8-4-2-5-9-17)18-10-6-3-7-11-18/h2-11,14-15,19-20,25H,12-13H2,1H3,(H,27,30)(H,28,32)/t19-,20-/m1/s1. The van der Waals surface area contributed by atoms with Gasteiger partial charge in [-0.05, 0) is 30.4 Å². The number of aromatic amines is 1. The molecule has 2 aromatic carbocycles. The van der Waals surface area contributed by atoms with Crippen molar-refractivity contribution in [1.29, 1.82) is 0 Å². The number of benzene rings is 2. The van der Waals surface area contributed by atoms with Gasteiger partial charge in [-0.15, -0.1) is 0 Å². The van der Waals surface area contributed by atoms with Crippen LogP contribution in [0, 0.1) is 11.8 Å². The first-order valence-electron chi connectivity index (χ1n) is 10.6. The van der Waals surface area contributed by atoms with Crippen molar-refractivity contribution in [2.45, 2.75) is 25.8 Å². The fourth-order valence-corrected chi connectivity index (χ4v) is 3.99. The summed E-state index contributed by atoms with van der Waals surface area (Å²) in [6, 6.07) is 19.7. The molecule has 0 saturated heterocycles. The number of carbonyl (C=O) groups is 3. The van der Waals surface area contributed by atoms with Gasteiger partial charge in [-0.1, -0.05) is 60.7 Å². The predicted molar refractivity (Wildman–Crippen MR) is 120 cm³/mol. The third kappa shape index (κ3) is 4.75. The Labute approximate surface area is 185 Å². The Bertz CT molecular complexity index is 1160. The summed E-state index contributed by atoms with van der Waals surface area (Å²) in [6.07, 6.45) is 2.22. The van der Waals surface area contributed by atoms with E-state index in [1.54, 1.807) is 0 Å². The highest BCUT2D eigenvalue weighted by Crippen LogP contribution is 2.42. The first kappa shape index (κ1) is 21.4. The Kier molecular flexibility index (Phi) is 6.12. The normalized spacial score (nSPS) is 17.1. The zero-order valence-electron chi connectivity index (χ0n) is 17.7. The summed E-state index contributed by atoms with van der Waals surface area (Å²) in [6.45, 7) is 1.53. The van der Waals surface area contributed by atoms with Crippen LogP contribution in [0.15, 0.2) is 77.7 Å². The zero-order valence-corrected chi connectivity index (χ0v) is 17.7. The predicted octanol–water partition coefficient (Wildman–Crippen LogP) is 3.69. The van der Waals surface area contributed by atoms with Crippen LogP contribution in [-0.4, -0.2) is 22.5 Å². The Morgan fingerprint density at radius 1 is 1.00 bits per heavy atom. The molecule has 0 bridgehead atoms. The number of nitrogens with one attached hydrogen (secondary N) is 2. The quantitative estimate of drug-likeness (QED) is 0.535. The molecule has 6 nitrogen and oxygen atoms in total. The summed E-state index contributed by atoms with van der Waals surface area (Å²) in [4.78, 5) is 52.2. The first-order chi connectivity index (χ1) is 15.4. The molecule has 1 fully saturated rings. The van der Waals surface area contributed by atoms with Crippen molar-refractivity contribution in [3.63, 3.8) is 0 Å². The summed E-state index contributed by atoms with van der Waals surface area (Å²) < 4.78 is 0. The minimum absolute atomic E-state index is 0.0454. The highest BCUT2D eigenvalue weighted by atomic mass is 16.2. The van der Waals surface area contributed by atoms with Crippen molar-refractivity contribution < 1.29 is 14.4 Å². The van der Waals surface area contributed by atoms with Crippen LogP contribution in [0.3, 0.4) is 0 Å². The topological polar surface area (TPSA) is 96.1 Å². The van der Waals surface area contributed by atoms with Gasteiger partial charge in [0.25, 0.3) is 5.91 Å². The number of hydrogen-bond acceptors (Lipinski definition) is 4. The van der Waals surface area contributed by atoms with E-state index in [1.165, 1.54) is 19.2 Å². The minimum Gasteiger partial charge on any atom is -0.358 e. The number of hydrogen-bond donors (Lipinski definition) is 2. The van der Waals surface area contributed by atoms with Crippen LogP contribution < -0.4 is 10.7 Å². The molecule has 1 aliphatic carbocycles. The SMILES string of the molecule is CC(=O)[C@H]1C[C@@H]1CC(=O)c1cc(=O)c(C(=O)NC(c2ccccc2)c2ccccc2)c[nH]1. The third-order valence-electron chi connectivity index (χ3n) is 5.89. The van der Waals surface area contributed by atoms with Gasteiger partial charge in [0, 0.05) is 24.6 Å². The van der Waals surface area contributed by atoms with E-state index in [1.807, 2.05) is 60.7 Å². The smallest absolute Gasteiger partial charge is 0.257 e. The van der Waals surface area contributed by atoms with Crippen molar-refractivity contribution in [3.8, 4) is 0 Å². The van der Waals surface area contributed by atoms with E-state index in [0.29, 0.717) is 6.42 Å². The molecule has 3 aromatic rings. The van der Waals surface area contributed by atoms with E-state index < -0.39 is 17.4 Å². The van der Waals surface area contributed by atoms with Gasteiger partial charge in [-0.3, -0.25) is 19.2 Å². The Hall–Kier alpha value is -3.80. The molecule has 0 radical (unpaired) electrons. The molecule has 1 amide bonds. The average molecular weight is 428 g/mol.